The minimum Gasteiger partial charge on any atom is -0.225 e. The quantitative estimate of drug-likeness (QED) is 0.421. The summed E-state index contributed by atoms with van der Waals surface area (Å²) in [6, 6.07) is 0. The van der Waals surface area contributed by atoms with Gasteiger partial charge in [0.15, 0.2) is 0 Å². The van der Waals surface area contributed by atoms with E-state index in [1.165, 1.54) is 0 Å². The van der Waals surface area contributed by atoms with Gasteiger partial charge in [-0.3, -0.25) is 0 Å². The molecule has 0 spiro atoms. The molecule has 104 valence electrons. The van der Waals surface area contributed by atoms with Crippen molar-refractivity contribution in [1.29, 1.82) is 0 Å². The van der Waals surface area contributed by atoms with Gasteiger partial charge in [-0.25, -0.2) is 16.5 Å². The zero-order valence-corrected chi connectivity index (χ0v) is 14.4. The van der Waals surface area contributed by atoms with Gasteiger partial charge in [0.1, 0.15) is 0 Å². The predicted octanol–water partition coefficient (Wildman–Crippen LogP) is 5.31. The topological polar surface area (TPSA) is 44.8 Å². The van der Waals surface area contributed by atoms with Gasteiger partial charge in [-0.2, -0.15) is 0 Å². The fourth-order valence-corrected chi connectivity index (χ4v) is 4.75. The Morgan fingerprint density at radius 1 is 0.706 bits per heavy atom. The normalized spacial score (nSPS) is 13.0. The van der Waals surface area contributed by atoms with Gasteiger partial charge in [-0.05, 0) is 0 Å². The van der Waals surface area contributed by atoms with Gasteiger partial charge in [0, 0.05) is 51.9 Å². The average Bonchev–Trinajstić information content (AvgIpc) is 2.21. The van der Waals surface area contributed by atoms with Gasteiger partial charge in [0.2, 0.25) is 0 Å². The number of hydrogen-bond donors (Lipinski definition) is 0. The zero-order chi connectivity index (χ0) is 13.5. The minimum atomic E-state index is -3.49. The molecule has 0 unspecified atom stereocenters. The minimum absolute atomic E-state index is 0.198. The molecule has 0 saturated heterocycles. The maximum absolute atomic E-state index is 12.2. The molecule has 4 nitrogen and oxygen atoms in total. The molecule has 0 aromatic carbocycles. The van der Waals surface area contributed by atoms with Crippen LogP contribution in [0.3, 0.4) is 0 Å². The summed E-state index contributed by atoms with van der Waals surface area (Å²) in [6.45, 7) is 11.7. The lowest BCUT2D eigenvalue weighted by Gasteiger charge is -2.17. The van der Waals surface area contributed by atoms with Crippen LogP contribution in [0.2, 0.25) is 0 Å². The molecule has 0 aliphatic rings. The Labute approximate surface area is 118 Å². The van der Waals surface area contributed by atoms with Crippen molar-refractivity contribution < 1.29 is 16.5 Å². The van der Waals surface area contributed by atoms with Crippen molar-refractivity contribution in [2.75, 3.05) is 0 Å². The SMILES string of the molecule is CC(C)SOP(=O)(OSC(C)C)OSC(C)C. The Balaban J connectivity index is 4.29. The molecule has 0 heterocycles. The molecule has 0 saturated carbocycles. The summed E-state index contributed by atoms with van der Waals surface area (Å²) in [5, 5.41) is 0.593. The highest BCUT2D eigenvalue weighted by atomic mass is 32.2. The van der Waals surface area contributed by atoms with Crippen molar-refractivity contribution in [1.82, 2.24) is 0 Å². The van der Waals surface area contributed by atoms with Crippen molar-refractivity contribution >= 4 is 44.0 Å². The summed E-state index contributed by atoms with van der Waals surface area (Å²) in [5.74, 6) is 0. The first-order valence-electron chi connectivity index (χ1n) is 5.40. The van der Waals surface area contributed by atoms with Crippen LogP contribution in [0, 0.1) is 0 Å². The van der Waals surface area contributed by atoms with E-state index in [9.17, 15) is 4.57 Å². The Kier molecular flexibility index (Phi) is 9.75. The van der Waals surface area contributed by atoms with Crippen molar-refractivity contribution in [2.24, 2.45) is 0 Å². The van der Waals surface area contributed by atoms with Crippen LogP contribution < -0.4 is 0 Å². The van der Waals surface area contributed by atoms with Crippen LogP contribution >= 0.6 is 44.0 Å². The first-order chi connectivity index (χ1) is 7.75. The van der Waals surface area contributed by atoms with E-state index < -0.39 is 7.82 Å². The van der Waals surface area contributed by atoms with Gasteiger partial charge >= 0.3 is 7.82 Å². The first-order valence-corrected chi connectivity index (χ1v) is 9.28. The third kappa shape index (κ3) is 10.7. The predicted molar refractivity (Wildman–Crippen MR) is 79.0 cm³/mol. The zero-order valence-electron chi connectivity index (χ0n) is 11.0. The summed E-state index contributed by atoms with van der Waals surface area (Å²) in [6.07, 6.45) is 0. The Morgan fingerprint density at radius 3 is 1.12 bits per heavy atom. The summed E-state index contributed by atoms with van der Waals surface area (Å²) < 4.78 is 27.7. The molecular formula is C9H21O4PS3. The molecule has 0 aliphatic heterocycles. The van der Waals surface area contributed by atoms with E-state index in [0.717, 1.165) is 36.1 Å². The molecule has 0 atom stereocenters. The fraction of sp³-hybridized carbons (Fsp3) is 1.00. The van der Waals surface area contributed by atoms with Gasteiger partial charge in [-0.1, -0.05) is 41.5 Å². The van der Waals surface area contributed by atoms with E-state index in [1.807, 2.05) is 41.5 Å². The summed E-state index contributed by atoms with van der Waals surface area (Å²) in [7, 11) is -3.49. The highest BCUT2D eigenvalue weighted by Gasteiger charge is 2.31. The van der Waals surface area contributed by atoms with Crippen LogP contribution in [0.4, 0.5) is 0 Å². The van der Waals surface area contributed by atoms with Gasteiger partial charge < -0.3 is 0 Å². The average molecular weight is 320 g/mol. The van der Waals surface area contributed by atoms with Crippen LogP contribution in [-0.4, -0.2) is 15.7 Å². The molecule has 0 bridgehead atoms. The van der Waals surface area contributed by atoms with Gasteiger partial charge in [0.25, 0.3) is 0 Å². The van der Waals surface area contributed by atoms with E-state index in [0.29, 0.717) is 0 Å². The van der Waals surface area contributed by atoms with Crippen LogP contribution in [0.25, 0.3) is 0 Å². The lowest BCUT2D eigenvalue weighted by molar-refractivity contribution is 0.348. The fourth-order valence-electron chi connectivity index (χ4n) is 0.454. The first kappa shape index (κ1) is 18.2. The smallest absolute Gasteiger partial charge is 0.225 e. The molecule has 0 radical (unpaired) electrons. The molecule has 0 rings (SSSR count). The van der Waals surface area contributed by atoms with E-state index >= 15 is 0 Å². The Bertz CT molecular complexity index is 210. The lowest BCUT2D eigenvalue weighted by atomic mass is 10.6. The van der Waals surface area contributed by atoms with Crippen molar-refractivity contribution in [3.8, 4) is 0 Å². The highest BCUT2D eigenvalue weighted by molar-refractivity contribution is 8.04. The van der Waals surface area contributed by atoms with Crippen LogP contribution in [0.1, 0.15) is 41.5 Å². The molecular weight excluding hydrogens is 299 g/mol. The second kappa shape index (κ2) is 9.13. The van der Waals surface area contributed by atoms with Crippen LogP contribution in [0.5, 0.6) is 0 Å². The lowest BCUT2D eigenvalue weighted by Crippen LogP contribution is -1.96. The summed E-state index contributed by atoms with van der Waals surface area (Å²) >= 11 is 3.31. The number of rotatable bonds is 9. The maximum Gasteiger partial charge on any atom is 0.508 e. The number of hydrogen-bond acceptors (Lipinski definition) is 7. The van der Waals surface area contributed by atoms with Crippen molar-refractivity contribution in [3.63, 3.8) is 0 Å². The van der Waals surface area contributed by atoms with Gasteiger partial charge in [-0.15, -0.1) is 0 Å². The second-order valence-electron chi connectivity index (χ2n) is 4.11. The van der Waals surface area contributed by atoms with Crippen LogP contribution in [0.15, 0.2) is 0 Å². The molecule has 17 heavy (non-hydrogen) atoms. The standard InChI is InChI=1S/C9H21O4PS3/c1-7(2)15-11-14(10,12-16-8(3)4)13-17-9(5)6/h7-9H,1-6H3. The molecule has 8 heteroatoms. The molecule has 0 aromatic rings. The molecule has 0 amide bonds. The molecule has 0 N–H and O–H groups in total. The maximum atomic E-state index is 12.2. The van der Waals surface area contributed by atoms with Crippen molar-refractivity contribution in [3.05, 3.63) is 0 Å². The number of phosphoric acid groups is 1. The summed E-state index contributed by atoms with van der Waals surface area (Å²) in [5.41, 5.74) is 0. The van der Waals surface area contributed by atoms with E-state index in [-0.39, 0.29) is 15.7 Å². The second-order valence-corrected chi connectivity index (χ2v) is 10.2. The summed E-state index contributed by atoms with van der Waals surface area (Å²) in [4.78, 5) is 0. The van der Waals surface area contributed by atoms with Crippen LogP contribution in [-0.2, 0) is 16.5 Å². The van der Waals surface area contributed by atoms with E-state index in [1.54, 1.807) is 0 Å². The monoisotopic (exact) mass is 320 g/mol. The van der Waals surface area contributed by atoms with Gasteiger partial charge in [0.05, 0.1) is 0 Å². The van der Waals surface area contributed by atoms with Crippen molar-refractivity contribution in [2.45, 2.75) is 57.3 Å². The van der Waals surface area contributed by atoms with E-state index in [4.69, 9.17) is 11.9 Å². The molecule has 0 aliphatic carbocycles. The molecule has 0 aromatic heterocycles. The Hall–Kier alpha value is 1.16. The largest absolute Gasteiger partial charge is 0.508 e. The third-order valence-corrected chi connectivity index (χ3v) is 5.36. The van der Waals surface area contributed by atoms with E-state index in [2.05, 4.69) is 0 Å². The molecule has 0 fully saturated rings. The third-order valence-electron chi connectivity index (χ3n) is 0.980. The highest BCUT2D eigenvalue weighted by Crippen LogP contribution is 2.59. The Morgan fingerprint density at radius 2 is 0.941 bits per heavy atom.